The van der Waals surface area contributed by atoms with E-state index < -0.39 is 0 Å². The maximum Gasteiger partial charge on any atom is 0.227 e. The predicted octanol–water partition coefficient (Wildman–Crippen LogP) is 2.36. The first-order valence-electron chi connectivity index (χ1n) is 5.98. The van der Waals surface area contributed by atoms with Crippen LogP contribution in [0.15, 0.2) is 18.2 Å². The Morgan fingerprint density at radius 2 is 2.28 bits per heavy atom. The van der Waals surface area contributed by atoms with Crippen molar-refractivity contribution in [3.05, 3.63) is 33.8 Å². The van der Waals surface area contributed by atoms with Crippen molar-refractivity contribution in [2.75, 3.05) is 20.1 Å². The van der Waals surface area contributed by atoms with Gasteiger partial charge in [-0.05, 0) is 30.7 Å². The van der Waals surface area contributed by atoms with Gasteiger partial charge in [-0.1, -0.05) is 29.3 Å². The van der Waals surface area contributed by atoms with Gasteiger partial charge in [-0.3, -0.25) is 4.79 Å². The summed E-state index contributed by atoms with van der Waals surface area (Å²) in [7, 11) is 1.85. The second kappa shape index (κ2) is 5.91. The Hall–Kier alpha value is -0.770. The molecule has 0 aromatic heterocycles. The molecule has 0 spiro atoms. The fraction of sp³-hybridized carbons (Fsp3) is 0.462. The van der Waals surface area contributed by atoms with E-state index in [4.69, 9.17) is 23.2 Å². The normalized spacial score (nSPS) is 18.9. The summed E-state index contributed by atoms with van der Waals surface area (Å²) >= 11 is 11.9. The van der Waals surface area contributed by atoms with E-state index in [-0.39, 0.29) is 5.91 Å². The molecule has 1 aliphatic rings. The molecule has 1 aromatic carbocycles. The van der Waals surface area contributed by atoms with E-state index in [0.29, 0.717) is 22.5 Å². The van der Waals surface area contributed by atoms with Crippen LogP contribution in [-0.4, -0.2) is 37.0 Å². The number of carbonyl (C=O) groups excluding carboxylic acids is 1. The fourth-order valence-electron chi connectivity index (χ4n) is 2.13. The van der Waals surface area contributed by atoms with Gasteiger partial charge in [0.25, 0.3) is 0 Å². The third kappa shape index (κ3) is 3.16. The van der Waals surface area contributed by atoms with Crippen molar-refractivity contribution in [2.45, 2.75) is 18.9 Å². The van der Waals surface area contributed by atoms with Crippen molar-refractivity contribution in [1.82, 2.24) is 10.2 Å². The van der Waals surface area contributed by atoms with Gasteiger partial charge in [-0.25, -0.2) is 0 Å². The second-order valence-corrected chi connectivity index (χ2v) is 5.41. The van der Waals surface area contributed by atoms with E-state index in [9.17, 15) is 4.79 Å². The van der Waals surface area contributed by atoms with Gasteiger partial charge in [0.15, 0.2) is 0 Å². The van der Waals surface area contributed by atoms with Crippen molar-refractivity contribution in [3.63, 3.8) is 0 Å². The van der Waals surface area contributed by atoms with Gasteiger partial charge >= 0.3 is 0 Å². The number of likely N-dealkylation sites (N-methyl/N-ethyl adjacent to an activating group) is 1. The zero-order valence-electron chi connectivity index (χ0n) is 10.2. The van der Waals surface area contributed by atoms with Crippen LogP contribution < -0.4 is 5.32 Å². The van der Waals surface area contributed by atoms with Crippen LogP contribution >= 0.6 is 23.2 Å². The molecule has 1 heterocycles. The molecule has 1 atom stereocenters. The minimum atomic E-state index is 0.0907. The molecular formula is C13H16Cl2N2O. The van der Waals surface area contributed by atoms with Crippen molar-refractivity contribution < 1.29 is 4.79 Å². The van der Waals surface area contributed by atoms with E-state index >= 15 is 0 Å². The van der Waals surface area contributed by atoms with Gasteiger partial charge in [0, 0.05) is 29.7 Å². The third-order valence-electron chi connectivity index (χ3n) is 3.33. The maximum atomic E-state index is 12.1. The largest absolute Gasteiger partial charge is 0.341 e. The van der Waals surface area contributed by atoms with Crippen LogP contribution in [0.3, 0.4) is 0 Å². The molecule has 1 aromatic rings. The number of rotatable bonds is 3. The molecule has 1 aliphatic heterocycles. The number of benzene rings is 1. The summed E-state index contributed by atoms with van der Waals surface area (Å²) in [5, 5.41) is 4.39. The topological polar surface area (TPSA) is 32.3 Å². The highest BCUT2D eigenvalue weighted by Gasteiger charge is 2.23. The molecule has 3 nitrogen and oxygen atoms in total. The number of nitrogens with one attached hydrogen (secondary N) is 1. The van der Waals surface area contributed by atoms with Crippen molar-refractivity contribution >= 4 is 29.1 Å². The van der Waals surface area contributed by atoms with Crippen LogP contribution in [0, 0.1) is 0 Å². The van der Waals surface area contributed by atoms with Gasteiger partial charge in [0.2, 0.25) is 5.91 Å². The van der Waals surface area contributed by atoms with Gasteiger partial charge in [0.1, 0.15) is 0 Å². The Bertz CT molecular complexity index is 445. The van der Waals surface area contributed by atoms with Crippen LogP contribution in [0.1, 0.15) is 12.0 Å². The fourth-order valence-corrected chi connectivity index (χ4v) is 2.60. The maximum absolute atomic E-state index is 12.1. The van der Waals surface area contributed by atoms with E-state index in [1.807, 2.05) is 18.0 Å². The first-order valence-corrected chi connectivity index (χ1v) is 6.74. The summed E-state index contributed by atoms with van der Waals surface area (Å²) in [5.41, 5.74) is 0.823. The molecule has 98 valence electrons. The van der Waals surface area contributed by atoms with Gasteiger partial charge < -0.3 is 10.2 Å². The Kier molecular flexibility index (Phi) is 4.49. The van der Waals surface area contributed by atoms with Crippen LogP contribution in [0.25, 0.3) is 0 Å². The Morgan fingerprint density at radius 3 is 2.89 bits per heavy atom. The minimum absolute atomic E-state index is 0.0907. The number of hydrogen-bond donors (Lipinski definition) is 1. The first kappa shape index (κ1) is 13.7. The molecule has 1 saturated heterocycles. The van der Waals surface area contributed by atoms with Gasteiger partial charge in [-0.15, -0.1) is 0 Å². The Morgan fingerprint density at radius 1 is 1.50 bits per heavy atom. The van der Waals surface area contributed by atoms with Crippen LogP contribution in [-0.2, 0) is 11.2 Å². The quantitative estimate of drug-likeness (QED) is 0.925. The predicted molar refractivity (Wildman–Crippen MR) is 74.2 cm³/mol. The van der Waals surface area contributed by atoms with Crippen molar-refractivity contribution in [1.29, 1.82) is 0 Å². The van der Waals surface area contributed by atoms with Gasteiger partial charge in [-0.2, -0.15) is 0 Å². The highest BCUT2D eigenvalue weighted by Crippen LogP contribution is 2.22. The smallest absolute Gasteiger partial charge is 0.227 e. The lowest BCUT2D eigenvalue weighted by atomic mass is 10.1. The number of hydrogen-bond acceptors (Lipinski definition) is 2. The number of amides is 1. The van der Waals surface area contributed by atoms with Crippen LogP contribution in [0.5, 0.6) is 0 Å². The average molecular weight is 287 g/mol. The summed E-state index contributed by atoms with van der Waals surface area (Å²) in [6.45, 7) is 1.85. The molecular weight excluding hydrogens is 271 g/mol. The summed E-state index contributed by atoms with van der Waals surface area (Å²) in [6, 6.07) is 5.53. The zero-order valence-corrected chi connectivity index (χ0v) is 11.8. The monoisotopic (exact) mass is 286 g/mol. The summed E-state index contributed by atoms with van der Waals surface area (Å²) in [5.74, 6) is 0.0907. The molecule has 0 radical (unpaired) electrons. The summed E-state index contributed by atoms with van der Waals surface area (Å²) in [4.78, 5) is 14.0. The summed E-state index contributed by atoms with van der Waals surface area (Å²) in [6.07, 6.45) is 1.33. The third-order valence-corrected chi connectivity index (χ3v) is 3.92. The Balaban J connectivity index is 2.01. The number of carbonyl (C=O) groups is 1. The first-order chi connectivity index (χ1) is 8.58. The molecule has 2 rings (SSSR count). The average Bonchev–Trinajstić information content (AvgIpc) is 2.85. The standard InChI is InChI=1S/C13H16Cl2N2O/c1-17(11-4-5-16-8-11)13(18)6-9-2-3-10(14)7-12(9)15/h2-3,7,11,16H,4-6,8H2,1H3/t11-/m0/s1. The lowest BCUT2D eigenvalue weighted by molar-refractivity contribution is -0.130. The molecule has 1 N–H and O–H groups in total. The highest BCUT2D eigenvalue weighted by atomic mass is 35.5. The van der Waals surface area contributed by atoms with Crippen molar-refractivity contribution in [2.24, 2.45) is 0 Å². The van der Waals surface area contributed by atoms with E-state index in [0.717, 1.165) is 25.1 Å². The molecule has 0 aliphatic carbocycles. The Labute approximate surface area is 117 Å². The zero-order chi connectivity index (χ0) is 13.1. The van der Waals surface area contributed by atoms with Crippen molar-refractivity contribution in [3.8, 4) is 0 Å². The van der Waals surface area contributed by atoms with E-state index in [2.05, 4.69) is 5.32 Å². The molecule has 5 heteroatoms. The highest BCUT2D eigenvalue weighted by molar-refractivity contribution is 6.35. The lowest BCUT2D eigenvalue weighted by Gasteiger charge is -2.24. The SMILES string of the molecule is CN(C(=O)Cc1ccc(Cl)cc1Cl)[C@H]1CCNC1. The molecule has 18 heavy (non-hydrogen) atoms. The lowest BCUT2D eigenvalue weighted by Crippen LogP contribution is -2.39. The summed E-state index contributed by atoms with van der Waals surface area (Å²) < 4.78 is 0. The van der Waals surface area contributed by atoms with Gasteiger partial charge in [0.05, 0.1) is 6.42 Å². The molecule has 1 amide bonds. The molecule has 0 bridgehead atoms. The van der Waals surface area contributed by atoms with E-state index in [1.165, 1.54) is 0 Å². The molecule has 1 fully saturated rings. The molecule has 0 unspecified atom stereocenters. The molecule has 0 saturated carbocycles. The number of halogens is 2. The minimum Gasteiger partial charge on any atom is -0.341 e. The van der Waals surface area contributed by atoms with Crippen LogP contribution in [0.2, 0.25) is 10.0 Å². The van der Waals surface area contributed by atoms with E-state index in [1.54, 1.807) is 12.1 Å². The van der Waals surface area contributed by atoms with Crippen LogP contribution in [0.4, 0.5) is 0 Å². The number of nitrogens with zero attached hydrogens (tertiary/aromatic N) is 1. The second-order valence-electron chi connectivity index (χ2n) is 4.56.